The molecule has 0 unspecified atom stereocenters. The molecular formula is C23H27N3OS. The number of aryl methyl sites for hydroxylation is 1. The van der Waals surface area contributed by atoms with Crippen LogP contribution in [0.15, 0.2) is 65.6 Å². The van der Waals surface area contributed by atoms with Crippen molar-refractivity contribution in [2.75, 3.05) is 13.6 Å². The first-order chi connectivity index (χ1) is 13.5. The van der Waals surface area contributed by atoms with Crippen molar-refractivity contribution in [2.45, 2.75) is 36.8 Å². The van der Waals surface area contributed by atoms with E-state index in [-0.39, 0.29) is 5.91 Å². The summed E-state index contributed by atoms with van der Waals surface area (Å²) in [5.41, 5.74) is 3.95. The van der Waals surface area contributed by atoms with E-state index in [4.69, 9.17) is 0 Å². The van der Waals surface area contributed by atoms with E-state index in [1.165, 1.54) is 0 Å². The fourth-order valence-electron chi connectivity index (χ4n) is 3.06. The predicted octanol–water partition coefficient (Wildman–Crippen LogP) is 5.28. The van der Waals surface area contributed by atoms with Gasteiger partial charge in [-0.2, -0.15) is 5.10 Å². The quantitative estimate of drug-likeness (QED) is 0.530. The molecule has 1 amide bonds. The number of hydrogen-bond donors (Lipinski definition) is 1. The number of hydrogen-bond acceptors (Lipinski definition) is 3. The summed E-state index contributed by atoms with van der Waals surface area (Å²) in [7, 11) is 1.88. The van der Waals surface area contributed by atoms with Crippen LogP contribution in [0.1, 0.15) is 36.3 Å². The van der Waals surface area contributed by atoms with Crippen LogP contribution in [0, 0.1) is 0 Å². The molecule has 0 radical (unpaired) electrons. The number of carbonyl (C=O) groups is 1. The fourth-order valence-corrected chi connectivity index (χ4v) is 4.01. The first-order valence-corrected chi connectivity index (χ1v) is 10.5. The summed E-state index contributed by atoms with van der Waals surface area (Å²) < 4.78 is 0. The highest BCUT2D eigenvalue weighted by molar-refractivity contribution is 8.00. The Morgan fingerprint density at radius 1 is 1.11 bits per heavy atom. The summed E-state index contributed by atoms with van der Waals surface area (Å²) >= 11 is 1.73. The van der Waals surface area contributed by atoms with E-state index in [1.54, 1.807) is 11.8 Å². The van der Waals surface area contributed by atoms with E-state index in [1.807, 2.05) is 54.4 Å². The van der Waals surface area contributed by atoms with Crippen LogP contribution in [0.25, 0.3) is 11.3 Å². The zero-order valence-corrected chi connectivity index (χ0v) is 17.5. The number of nitrogens with zero attached hydrogens (tertiary/aromatic N) is 2. The smallest absolute Gasteiger partial charge is 0.254 e. The van der Waals surface area contributed by atoms with Crippen LogP contribution in [-0.2, 0) is 6.42 Å². The van der Waals surface area contributed by atoms with Crippen molar-refractivity contribution >= 4 is 17.7 Å². The lowest BCUT2D eigenvalue weighted by Crippen LogP contribution is -2.28. The number of nitrogens with one attached hydrogen (secondary N) is 1. The molecule has 0 saturated heterocycles. The lowest BCUT2D eigenvalue weighted by Gasteiger charge is -2.19. The van der Waals surface area contributed by atoms with Crippen molar-refractivity contribution in [2.24, 2.45) is 0 Å². The summed E-state index contributed by atoms with van der Waals surface area (Å²) in [5.74, 6) is 0.0818. The molecule has 1 heterocycles. The maximum Gasteiger partial charge on any atom is 0.254 e. The molecule has 3 rings (SSSR count). The summed E-state index contributed by atoms with van der Waals surface area (Å²) in [6, 6.07) is 20.1. The van der Waals surface area contributed by atoms with Crippen LogP contribution >= 0.6 is 11.8 Å². The molecule has 0 spiro atoms. The molecule has 0 aliphatic rings. The summed E-state index contributed by atoms with van der Waals surface area (Å²) in [6.07, 6.45) is 1.75. The van der Waals surface area contributed by atoms with E-state index >= 15 is 0 Å². The summed E-state index contributed by atoms with van der Waals surface area (Å²) in [5, 5.41) is 7.95. The van der Waals surface area contributed by atoms with Gasteiger partial charge in [0.05, 0.1) is 11.3 Å². The number of aromatic nitrogens is 2. The van der Waals surface area contributed by atoms with Gasteiger partial charge in [0, 0.05) is 35.0 Å². The second kappa shape index (κ2) is 9.60. The normalized spacial score (nSPS) is 11.0. The maximum absolute atomic E-state index is 12.9. The molecule has 0 fully saturated rings. The number of amides is 1. The van der Waals surface area contributed by atoms with Crippen molar-refractivity contribution in [3.05, 3.63) is 71.9 Å². The van der Waals surface area contributed by atoms with E-state index < -0.39 is 0 Å². The van der Waals surface area contributed by atoms with Gasteiger partial charge in [0.25, 0.3) is 5.91 Å². The molecule has 3 aromatic rings. The largest absolute Gasteiger partial charge is 0.342 e. The Balaban J connectivity index is 1.56. The Hall–Kier alpha value is -2.53. The average Bonchev–Trinajstić information content (AvgIpc) is 3.17. The SMILES string of the molecule is CC(C)Sc1ccccc1C(=O)N(C)CCCc1cc(-c2ccccc2)n[nH]1. The van der Waals surface area contributed by atoms with Gasteiger partial charge in [0.15, 0.2) is 0 Å². The van der Waals surface area contributed by atoms with Gasteiger partial charge in [0.1, 0.15) is 0 Å². The average molecular weight is 394 g/mol. The second-order valence-corrected chi connectivity index (χ2v) is 8.76. The lowest BCUT2D eigenvalue weighted by atomic mass is 10.1. The molecule has 0 aliphatic carbocycles. The third-order valence-corrected chi connectivity index (χ3v) is 5.55. The lowest BCUT2D eigenvalue weighted by molar-refractivity contribution is 0.0790. The van der Waals surface area contributed by atoms with Gasteiger partial charge < -0.3 is 4.90 Å². The molecule has 0 atom stereocenters. The van der Waals surface area contributed by atoms with Gasteiger partial charge in [-0.1, -0.05) is 56.3 Å². The van der Waals surface area contributed by atoms with Crippen molar-refractivity contribution < 1.29 is 4.79 Å². The third-order valence-electron chi connectivity index (χ3n) is 4.47. The predicted molar refractivity (Wildman–Crippen MR) is 117 cm³/mol. The zero-order valence-electron chi connectivity index (χ0n) is 16.7. The van der Waals surface area contributed by atoms with Gasteiger partial charge in [-0.15, -0.1) is 11.8 Å². The van der Waals surface area contributed by atoms with Crippen LogP contribution in [0.5, 0.6) is 0 Å². The molecule has 146 valence electrons. The van der Waals surface area contributed by atoms with Gasteiger partial charge in [-0.05, 0) is 31.0 Å². The highest BCUT2D eigenvalue weighted by Crippen LogP contribution is 2.27. The van der Waals surface area contributed by atoms with E-state index in [2.05, 4.69) is 42.2 Å². The van der Waals surface area contributed by atoms with E-state index in [0.717, 1.165) is 40.3 Å². The molecule has 0 bridgehead atoms. The minimum atomic E-state index is 0.0818. The van der Waals surface area contributed by atoms with Gasteiger partial charge >= 0.3 is 0 Å². The highest BCUT2D eigenvalue weighted by Gasteiger charge is 2.16. The van der Waals surface area contributed by atoms with Crippen LogP contribution < -0.4 is 0 Å². The molecule has 5 heteroatoms. The van der Waals surface area contributed by atoms with Gasteiger partial charge in [-0.25, -0.2) is 0 Å². The molecule has 4 nitrogen and oxygen atoms in total. The zero-order chi connectivity index (χ0) is 19.9. The number of benzene rings is 2. The van der Waals surface area contributed by atoms with Crippen molar-refractivity contribution in [1.82, 2.24) is 15.1 Å². The van der Waals surface area contributed by atoms with Crippen molar-refractivity contribution in [3.63, 3.8) is 0 Å². The van der Waals surface area contributed by atoms with E-state index in [0.29, 0.717) is 11.8 Å². The Morgan fingerprint density at radius 2 is 1.82 bits per heavy atom. The van der Waals surface area contributed by atoms with Gasteiger partial charge in [-0.3, -0.25) is 9.89 Å². The Morgan fingerprint density at radius 3 is 2.57 bits per heavy atom. The maximum atomic E-state index is 12.9. The first-order valence-electron chi connectivity index (χ1n) is 9.65. The topological polar surface area (TPSA) is 49.0 Å². The number of thioether (sulfide) groups is 1. The standard InChI is InChI=1S/C23H27N3OS/c1-17(2)28-22-14-8-7-13-20(22)23(27)26(3)15-9-12-19-16-21(25-24-19)18-10-5-4-6-11-18/h4-8,10-11,13-14,16-17H,9,12,15H2,1-3H3,(H,24,25). The van der Waals surface area contributed by atoms with Gasteiger partial charge in [0.2, 0.25) is 0 Å². The first kappa shape index (κ1) is 20.2. The fraction of sp³-hybridized carbons (Fsp3) is 0.304. The number of rotatable bonds is 8. The Kier molecular flexibility index (Phi) is 6.93. The molecule has 0 saturated carbocycles. The molecule has 28 heavy (non-hydrogen) atoms. The van der Waals surface area contributed by atoms with Crippen LogP contribution in [0.4, 0.5) is 0 Å². The van der Waals surface area contributed by atoms with E-state index in [9.17, 15) is 4.79 Å². The highest BCUT2D eigenvalue weighted by atomic mass is 32.2. The number of aromatic amines is 1. The van der Waals surface area contributed by atoms with Crippen molar-refractivity contribution in [3.8, 4) is 11.3 Å². The molecule has 1 N–H and O–H groups in total. The minimum absolute atomic E-state index is 0.0818. The summed E-state index contributed by atoms with van der Waals surface area (Å²) in [4.78, 5) is 15.7. The van der Waals surface area contributed by atoms with Crippen molar-refractivity contribution in [1.29, 1.82) is 0 Å². The molecule has 0 aliphatic heterocycles. The van der Waals surface area contributed by atoms with Crippen LogP contribution in [0.2, 0.25) is 0 Å². The number of carbonyl (C=O) groups excluding carboxylic acids is 1. The monoisotopic (exact) mass is 393 g/mol. The minimum Gasteiger partial charge on any atom is -0.342 e. The second-order valence-electron chi connectivity index (χ2n) is 7.14. The third kappa shape index (κ3) is 5.26. The molecular weight excluding hydrogens is 366 g/mol. The Labute approximate surface area is 171 Å². The Bertz CT molecular complexity index is 905. The molecule has 2 aromatic carbocycles. The van der Waals surface area contributed by atoms with Crippen LogP contribution in [-0.4, -0.2) is 39.8 Å². The van der Waals surface area contributed by atoms with Crippen LogP contribution in [0.3, 0.4) is 0 Å². The summed E-state index contributed by atoms with van der Waals surface area (Å²) in [6.45, 7) is 4.99. The molecule has 1 aromatic heterocycles. The number of H-pyrrole nitrogens is 1.